The standard InChI is InChI=1S/C24H31N3O3S/c1-4-19-5-7-22(8-6-19)27(12-11-18(2)3)31(28,29)23-9-10-24-21(13-23)14-25-26(24)15-20-16-30-17-20/h5-10,13-14,18,20H,4,11-12,15-17H2,1-3H3. The molecule has 6 nitrogen and oxygen atoms in total. The fourth-order valence-electron chi connectivity index (χ4n) is 3.79. The molecule has 0 bridgehead atoms. The molecular formula is C24H31N3O3S. The Bertz CT molecular complexity index is 1130. The van der Waals surface area contributed by atoms with Gasteiger partial charge in [0.25, 0.3) is 10.0 Å². The van der Waals surface area contributed by atoms with Crippen molar-refractivity contribution in [2.45, 2.75) is 45.1 Å². The molecule has 0 spiro atoms. The summed E-state index contributed by atoms with van der Waals surface area (Å²) in [4.78, 5) is 0.301. The van der Waals surface area contributed by atoms with Crippen LogP contribution in [0, 0.1) is 11.8 Å². The number of anilines is 1. The van der Waals surface area contributed by atoms with Crippen LogP contribution in [0.2, 0.25) is 0 Å². The molecule has 166 valence electrons. The van der Waals surface area contributed by atoms with E-state index in [0.29, 0.717) is 29.0 Å². The predicted molar refractivity (Wildman–Crippen MR) is 124 cm³/mol. The Morgan fingerprint density at radius 1 is 1.16 bits per heavy atom. The van der Waals surface area contributed by atoms with Crippen LogP contribution in [0.3, 0.4) is 0 Å². The van der Waals surface area contributed by atoms with Crippen molar-refractivity contribution in [3.63, 3.8) is 0 Å². The molecule has 4 rings (SSSR count). The van der Waals surface area contributed by atoms with Crippen LogP contribution in [0.4, 0.5) is 5.69 Å². The van der Waals surface area contributed by atoms with E-state index in [2.05, 4.69) is 25.9 Å². The summed E-state index contributed by atoms with van der Waals surface area (Å²) in [6.45, 7) is 9.07. The second-order valence-corrected chi connectivity index (χ2v) is 10.6. The van der Waals surface area contributed by atoms with Gasteiger partial charge < -0.3 is 4.74 Å². The molecule has 0 unspecified atom stereocenters. The summed E-state index contributed by atoms with van der Waals surface area (Å²) in [5.41, 5.74) is 2.85. The van der Waals surface area contributed by atoms with Gasteiger partial charge in [-0.05, 0) is 54.7 Å². The molecule has 1 aliphatic heterocycles. The number of aryl methyl sites for hydroxylation is 1. The zero-order valence-corrected chi connectivity index (χ0v) is 19.3. The lowest BCUT2D eigenvalue weighted by atomic mass is 10.1. The van der Waals surface area contributed by atoms with Gasteiger partial charge in [0.1, 0.15) is 0 Å². The van der Waals surface area contributed by atoms with Crippen LogP contribution in [-0.2, 0) is 27.7 Å². The number of fused-ring (bicyclic) bond motifs is 1. The summed E-state index contributed by atoms with van der Waals surface area (Å²) in [5, 5.41) is 5.31. The zero-order chi connectivity index (χ0) is 22.0. The first-order chi connectivity index (χ1) is 14.9. The van der Waals surface area contributed by atoms with Crippen molar-refractivity contribution in [1.29, 1.82) is 0 Å². The fourth-order valence-corrected chi connectivity index (χ4v) is 5.31. The molecule has 2 aromatic carbocycles. The third-order valence-electron chi connectivity index (χ3n) is 5.88. The highest BCUT2D eigenvalue weighted by Crippen LogP contribution is 2.28. The minimum atomic E-state index is -3.69. The normalized spacial score (nSPS) is 14.8. The maximum Gasteiger partial charge on any atom is 0.264 e. The van der Waals surface area contributed by atoms with E-state index in [4.69, 9.17) is 4.74 Å². The number of hydrogen-bond donors (Lipinski definition) is 0. The lowest BCUT2D eigenvalue weighted by Crippen LogP contribution is -2.32. The second kappa shape index (κ2) is 9.01. The molecule has 0 amide bonds. The smallest absolute Gasteiger partial charge is 0.264 e. The molecule has 0 N–H and O–H groups in total. The van der Waals surface area contributed by atoms with Gasteiger partial charge in [0, 0.05) is 24.4 Å². The Morgan fingerprint density at radius 3 is 2.52 bits per heavy atom. The molecule has 0 atom stereocenters. The molecule has 3 aromatic rings. The average molecular weight is 442 g/mol. The SMILES string of the molecule is CCc1ccc(N(CCC(C)C)S(=O)(=O)c2ccc3c(cnn3CC3COC3)c2)cc1. The van der Waals surface area contributed by atoms with Crippen molar-refractivity contribution in [1.82, 2.24) is 9.78 Å². The quantitative estimate of drug-likeness (QED) is 0.491. The van der Waals surface area contributed by atoms with Gasteiger partial charge in [0.2, 0.25) is 0 Å². The highest BCUT2D eigenvalue weighted by Gasteiger charge is 2.26. The van der Waals surface area contributed by atoms with Crippen molar-refractivity contribution >= 4 is 26.6 Å². The van der Waals surface area contributed by atoms with Crippen LogP contribution < -0.4 is 4.31 Å². The maximum atomic E-state index is 13.7. The van der Waals surface area contributed by atoms with Crippen LogP contribution in [0.15, 0.2) is 53.6 Å². The number of rotatable bonds is 9. The summed E-state index contributed by atoms with van der Waals surface area (Å²) in [6.07, 6.45) is 3.47. The molecule has 31 heavy (non-hydrogen) atoms. The van der Waals surface area contributed by atoms with Crippen LogP contribution in [-0.4, -0.2) is 38.0 Å². The monoisotopic (exact) mass is 441 g/mol. The van der Waals surface area contributed by atoms with Crippen molar-refractivity contribution in [3.8, 4) is 0 Å². The maximum absolute atomic E-state index is 13.7. The molecule has 1 fully saturated rings. The number of hydrogen-bond acceptors (Lipinski definition) is 4. The first kappa shape index (κ1) is 21.8. The first-order valence-corrected chi connectivity index (χ1v) is 12.5. The largest absolute Gasteiger partial charge is 0.381 e. The zero-order valence-electron chi connectivity index (χ0n) is 18.5. The first-order valence-electron chi connectivity index (χ1n) is 11.0. The van der Waals surface area contributed by atoms with Gasteiger partial charge >= 0.3 is 0 Å². The van der Waals surface area contributed by atoms with Crippen LogP contribution in [0.5, 0.6) is 0 Å². The molecule has 7 heteroatoms. The summed E-state index contributed by atoms with van der Waals surface area (Å²) in [5.74, 6) is 0.882. The van der Waals surface area contributed by atoms with Crippen LogP contribution in [0.1, 0.15) is 32.8 Å². The number of benzene rings is 2. The van der Waals surface area contributed by atoms with Crippen molar-refractivity contribution in [2.24, 2.45) is 11.8 Å². The Labute approximate surface area is 184 Å². The van der Waals surface area contributed by atoms with Crippen molar-refractivity contribution in [2.75, 3.05) is 24.1 Å². The number of sulfonamides is 1. The van der Waals surface area contributed by atoms with E-state index in [-0.39, 0.29) is 0 Å². The van der Waals surface area contributed by atoms with Gasteiger partial charge in [-0.15, -0.1) is 0 Å². The molecule has 0 saturated carbocycles. The van der Waals surface area contributed by atoms with E-state index in [1.165, 1.54) is 5.56 Å². The van der Waals surface area contributed by atoms with E-state index in [1.54, 1.807) is 22.6 Å². The van der Waals surface area contributed by atoms with E-state index in [9.17, 15) is 8.42 Å². The van der Waals surface area contributed by atoms with E-state index >= 15 is 0 Å². The fraction of sp³-hybridized carbons (Fsp3) is 0.458. The third-order valence-corrected chi connectivity index (χ3v) is 7.70. The van der Waals surface area contributed by atoms with Gasteiger partial charge in [0.15, 0.2) is 0 Å². The van der Waals surface area contributed by atoms with Crippen molar-refractivity contribution in [3.05, 3.63) is 54.2 Å². The van der Waals surface area contributed by atoms with Gasteiger partial charge in [-0.1, -0.05) is 32.9 Å². The summed E-state index contributed by atoms with van der Waals surface area (Å²) < 4.78 is 36.1. The highest BCUT2D eigenvalue weighted by atomic mass is 32.2. The van der Waals surface area contributed by atoms with E-state index in [1.807, 2.05) is 35.0 Å². The molecule has 1 aromatic heterocycles. The summed E-state index contributed by atoms with van der Waals surface area (Å²) in [7, 11) is -3.69. The topological polar surface area (TPSA) is 64.4 Å². The van der Waals surface area contributed by atoms with Gasteiger partial charge in [-0.25, -0.2) is 8.42 Å². The van der Waals surface area contributed by atoms with E-state index in [0.717, 1.165) is 43.5 Å². The number of ether oxygens (including phenoxy) is 1. The highest BCUT2D eigenvalue weighted by molar-refractivity contribution is 7.92. The Balaban J connectivity index is 1.66. The molecule has 1 saturated heterocycles. The number of nitrogens with zero attached hydrogens (tertiary/aromatic N) is 3. The van der Waals surface area contributed by atoms with Gasteiger partial charge in [0.05, 0.1) is 35.5 Å². The molecule has 1 aliphatic rings. The van der Waals surface area contributed by atoms with Crippen LogP contribution in [0.25, 0.3) is 10.9 Å². The Kier molecular flexibility index (Phi) is 6.34. The molecule has 2 heterocycles. The van der Waals surface area contributed by atoms with Crippen LogP contribution >= 0.6 is 0 Å². The summed E-state index contributed by atoms with van der Waals surface area (Å²) in [6, 6.07) is 13.1. The average Bonchev–Trinajstić information content (AvgIpc) is 3.13. The minimum Gasteiger partial charge on any atom is -0.381 e. The van der Waals surface area contributed by atoms with E-state index < -0.39 is 10.0 Å². The Hall–Kier alpha value is -2.38. The molecule has 0 radical (unpaired) electrons. The van der Waals surface area contributed by atoms with Crippen molar-refractivity contribution < 1.29 is 13.2 Å². The molecular weight excluding hydrogens is 410 g/mol. The third kappa shape index (κ3) is 4.62. The second-order valence-electron chi connectivity index (χ2n) is 8.73. The number of aromatic nitrogens is 2. The van der Waals surface area contributed by atoms with Gasteiger partial charge in [-0.3, -0.25) is 8.99 Å². The lowest BCUT2D eigenvalue weighted by molar-refractivity contribution is -0.0403. The summed E-state index contributed by atoms with van der Waals surface area (Å²) >= 11 is 0. The lowest BCUT2D eigenvalue weighted by Gasteiger charge is -2.26. The predicted octanol–water partition coefficient (Wildman–Crippen LogP) is 4.49. The minimum absolute atomic E-state index is 0.301. The Morgan fingerprint density at radius 2 is 1.90 bits per heavy atom. The molecule has 0 aliphatic carbocycles. The van der Waals surface area contributed by atoms with Gasteiger partial charge in [-0.2, -0.15) is 5.10 Å².